The van der Waals surface area contributed by atoms with Gasteiger partial charge in [-0.2, -0.15) is 0 Å². The van der Waals surface area contributed by atoms with Gasteiger partial charge in [-0.1, -0.05) is 30.3 Å². The van der Waals surface area contributed by atoms with Gasteiger partial charge in [0.05, 0.1) is 6.42 Å². The molecule has 4 rings (SSSR count). The van der Waals surface area contributed by atoms with Crippen molar-refractivity contribution in [2.75, 3.05) is 5.32 Å². The second kappa shape index (κ2) is 6.80. The van der Waals surface area contributed by atoms with Crippen LogP contribution in [-0.4, -0.2) is 20.9 Å². The molecule has 0 unspecified atom stereocenters. The van der Waals surface area contributed by atoms with Gasteiger partial charge in [0, 0.05) is 29.5 Å². The van der Waals surface area contributed by atoms with E-state index in [4.69, 9.17) is 0 Å². The number of nitrogens with one attached hydrogen (secondary N) is 2. The summed E-state index contributed by atoms with van der Waals surface area (Å²) in [5.74, 6) is 0.446. The molecule has 0 fully saturated rings. The number of hydrogen-bond donors (Lipinski definition) is 2. The maximum atomic E-state index is 12.3. The number of benzene rings is 1. The topological polar surface area (TPSA) is 70.7 Å². The Morgan fingerprint density at radius 3 is 2.77 bits per heavy atom. The molecule has 5 heteroatoms. The molecule has 3 aromatic heterocycles. The number of H-pyrrole nitrogens is 1. The molecule has 1 amide bonds. The maximum Gasteiger partial charge on any atom is 0.230 e. The van der Waals surface area contributed by atoms with Crippen LogP contribution in [0.5, 0.6) is 0 Å². The lowest BCUT2D eigenvalue weighted by Gasteiger charge is -2.06. The number of nitrogens with zero attached hydrogens (tertiary/aromatic N) is 2. The summed E-state index contributed by atoms with van der Waals surface area (Å²) in [7, 11) is 0. The summed E-state index contributed by atoms with van der Waals surface area (Å²) < 4.78 is 0. The first kappa shape index (κ1) is 16.0. The molecule has 0 atom stereocenters. The molecule has 0 bridgehead atoms. The smallest absolute Gasteiger partial charge is 0.230 e. The summed E-state index contributed by atoms with van der Waals surface area (Å²) in [5, 5.41) is 3.78. The van der Waals surface area contributed by atoms with Gasteiger partial charge in [0.15, 0.2) is 0 Å². The summed E-state index contributed by atoms with van der Waals surface area (Å²) in [6.07, 6.45) is 5.62. The first-order chi connectivity index (χ1) is 12.7. The van der Waals surface area contributed by atoms with Gasteiger partial charge in [-0.25, -0.2) is 9.97 Å². The van der Waals surface area contributed by atoms with Gasteiger partial charge in [0.25, 0.3) is 0 Å². The lowest BCUT2D eigenvalue weighted by atomic mass is 10.0. The molecule has 128 valence electrons. The van der Waals surface area contributed by atoms with E-state index in [9.17, 15) is 4.79 Å². The molecule has 0 saturated carbocycles. The molecule has 0 aliphatic carbocycles. The van der Waals surface area contributed by atoms with E-state index >= 15 is 0 Å². The highest BCUT2D eigenvalue weighted by Crippen LogP contribution is 2.27. The monoisotopic (exact) mass is 342 g/mol. The number of aryl methyl sites for hydroxylation is 1. The normalized spacial score (nSPS) is 10.8. The van der Waals surface area contributed by atoms with Crippen LogP contribution in [0.15, 0.2) is 67.1 Å². The molecular formula is C21H18N4O. The van der Waals surface area contributed by atoms with E-state index in [1.807, 2.05) is 36.7 Å². The summed E-state index contributed by atoms with van der Waals surface area (Å²) in [4.78, 5) is 24.1. The van der Waals surface area contributed by atoms with Gasteiger partial charge in [-0.15, -0.1) is 0 Å². The number of pyridine rings is 2. The minimum atomic E-state index is -0.106. The average molecular weight is 342 g/mol. The number of carbonyl (C=O) groups excluding carboxylic acids is 1. The Bertz CT molecular complexity index is 1070. The zero-order valence-electron chi connectivity index (χ0n) is 14.4. The second-order valence-corrected chi connectivity index (χ2v) is 6.19. The Labute approximate surface area is 151 Å². The Morgan fingerprint density at radius 1 is 1.12 bits per heavy atom. The van der Waals surface area contributed by atoms with Gasteiger partial charge in [0.2, 0.25) is 5.91 Å². The minimum Gasteiger partial charge on any atom is -0.346 e. The van der Waals surface area contributed by atoms with E-state index in [0.717, 1.165) is 27.7 Å². The van der Waals surface area contributed by atoms with Crippen molar-refractivity contribution in [1.82, 2.24) is 15.0 Å². The predicted molar refractivity (Wildman–Crippen MR) is 103 cm³/mol. The Balaban J connectivity index is 1.63. The van der Waals surface area contributed by atoms with Crippen molar-refractivity contribution in [3.8, 4) is 11.1 Å². The number of amides is 1. The van der Waals surface area contributed by atoms with Crippen molar-refractivity contribution >= 4 is 22.8 Å². The van der Waals surface area contributed by atoms with Crippen LogP contribution in [0.3, 0.4) is 0 Å². The van der Waals surface area contributed by atoms with E-state index in [1.54, 1.807) is 12.3 Å². The van der Waals surface area contributed by atoms with Crippen LogP contribution in [0, 0.1) is 6.92 Å². The molecule has 0 aliphatic rings. The number of hydrogen-bond acceptors (Lipinski definition) is 3. The summed E-state index contributed by atoms with van der Waals surface area (Å²) in [6, 6.07) is 15.7. The van der Waals surface area contributed by atoms with Gasteiger partial charge < -0.3 is 10.3 Å². The summed E-state index contributed by atoms with van der Waals surface area (Å²) >= 11 is 0. The minimum absolute atomic E-state index is 0.106. The van der Waals surface area contributed by atoms with Crippen LogP contribution in [-0.2, 0) is 11.2 Å². The van der Waals surface area contributed by atoms with Gasteiger partial charge >= 0.3 is 0 Å². The fraction of sp³-hybridized carbons (Fsp3) is 0.0952. The quantitative estimate of drug-likeness (QED) is 0.586. The number of anilines is 1. The van der Waals surface area contributed by atoms with Crippen LogP contribution >= 0.6 is 0 Å². The standard InChI is InChI=1S/C21H18N4O/c1-14-6-2-3-7-17(14)15-10-18-16(13-24-21(18)23-12-15)11-20(26)25-19-8-4-5-9-22-19/h2-10,12-13H,11H2,1H3,(H,23,24)(H,22,25,26). The molecule has 26 heavy (non-hydrogen) atoms. The second-order valence-electron chi connectivity index (χ2n) is 6.19. The number of aromatic amines is 1. The summed E-state index contributed by atoms with van der Waals surface area (Å²) in [5.41, 5.74) is 5.08. The number of carbonyl (C=O) groups is 1. The average Bonchev–Trinajstić information content (AvgIpc) is 3.05. The van der Waals surface area contributed by atoms with Crippen LogP contribution in [0.4, 0.5) is 5.82 Å². The van der Waals surface area contributed by atoms with E-state index in [0.29, 0.717) is 5.82 Å². The third-order valence-electron chi connectivity index (χ3n) is 4.36. The molecular weight excluding hydrogens is 324 g/mol. The molecule has 4 aromatic rings. The van der Waals surface area contributed by atoms with Gasteiger partial charge in [0.1, 0.15) is 11.5 Å². The summed E-state index contributed by atoms with van der Waals surface area (Å²) in [6.45, 7) is 2.08. The highest BCUT2D eigenvalue weighted by atomic mass is 16.1. The van der Waals surface area contributed by atoms with E-state index < -0.39 is 0 Å². The van der Waals surface area contributed by atoms with E-state index in [1.165, 1.54) is 5.56 Å². The van der Waals surface area contributed by atoms with Crippen molar-refractivity contribution in [2.24, 2.45) is 0 Å². The zero-order valence-corrected chi connectivity index (χ0v) is 14.4. The highest BCUT2D eigenvalue weighted by Gasteiger charge is 2.12. The largest absolute Gasteiger partial charge is 0.346 e. The maximum absolute atomic E-state index is 12.3. The first-order valence-electron chi connectivity index (χ1n) is 8.43. The Kier molecular flexibility index (Phi) is 4.19. The van der Waals surface area contributed by atoms with Gasteiger partial charge in [-0.3, -0.25) is 4.79 Å². The Morgan fingerprint density at radius 2 is 1.96 bits per heavy atom. The van der Waals surface area contributed by atoms with Crippen molar-refractivity contribution in [2.45, 2.75) is 13.3 Å². The third kappa shape index (κ3) is 3.19. The van der Waals surface area contributed by atoms with Crippen molar-refractivity contribution in [3.63, 3.8) is 0 Å². The molecule has 0 spiro atoms. The van der Waals surface area contributed by atoms with Crippen LogP contribution < -0.4 is 5.32 Å². The lowest BCUT2D eigenvalue weighted by molar-refractivity contribution is -0.115. The molecule has 2 N–H and O–H groups in total. The van der Waals surface area contributed by atoms with E-state index in [-0.39, 0.29) is 12.3 Å². The Hall–Kier alpha value is -3.47. The van der Waals surface area contributed by atoms with Gasteiger partial charge in [-0.05, 0) is 41.8 Å². The van der Waals surface area contributed by atoms with Crippen LogP contribution in [0.25, 0.3) is 22.2 Å². The molecule has 1 aromatic carbocycles. The third-order valence-corrected chi connectivity index (χ3v) is 4.36. The van der Waals surface area contributed by atoms with Crippen LogP contribution in [0.2, 0.25) is 0 Å². The molecule has 0 saturated heterocycles. The number of aromatic nitrogens is 3. The van der Waals surface area contributed by atoms with Crippen LogP contribution in [0.1, 0.15) is 11.1 Å². The fourth-order valence-corrected chi connectivity index (χ4v) is 3.04. The van der Waals surface area contributed by atoms with Crippen molar-refractivity contribution in [1.29, 1.82) is 0 Å². The van der Waals surface area contributed by atoms with E-state index in [2.05, 4.69) is 45.4 Å². The lowest BCUT2D eigenvalue weighted by Crippen LogP contribution is -2.14. The van der Waals surface area contributed by atoms with Crippen molar-refractivity contribution < 1.29 is 4.79 Å². The molecule has 5 nitrogen and oxygen atoms in total. The van der Waals surface area contributed by atoms with Crippen molar-refractivity contribution in [3.05, 3.63) is 78.2 Å². The zero-order chi connectivity index (χ0) is 17.9. The fourth-order valence-electron chi connectivity index (χ4n) is 3.04. The number of rotatable bonds is 4. The SMILES string of the molecule is Cc1ccccc1-c1cnc2[nH]cc(CC(=O)Nc3ccccn3)c2c1. The predicted octanol–water partition coefficient (Wildman–Crippen LogP) is 4.11. The molecule has 0 aliphatic heterocycles. The number of fused-ring (bicyclic) bond motifs is 1. The molecule has 3 heterocycles. The highest BCUT2D eigenvalue weighted by molar-refractivity contribution is 5.95. The first-order valence-corrected chi connectivity index (χ1v) is 8.43. The molecule has 0 radical (unpaired) electrons.